The molecule has 0 bridgehead atoms. The maximum atomic E-state index is 13.7. The molecule has 0 amide bonds. The number of Topliss-reactive ketones (excluding diaryl/α,β-unsaturated/α-hetero) is 2. The van der Waals surface area contributed by atoms with Crippen molar-refractivity contribution >= 4 is 21.4 Å². The van der Waals surface area contributed by atoms with Crippen LogP contribution in [0.1, 0.15) is 86.1 Å². The molecule has 0 aliphatic carbocycles. The number of aromatic nitrogens is 6. The first-order valence-corrected chi connectivity index (χ1v) is 27.0. The highest BCUT2D eigenvalue weighted by atomic mass is 32.2. The van der Waals surface area contributed by atoms with Crippen molar-refractivity contribution in [1.82, 2.24) is 44.6 Å². The number of sulfone groups is 1. The van der Waals surface area contributed by atoms with Gasteiger partial charge in [-0.3, -0.25) is 53.6 Å². The van der Waals surface area contributed by atoms with Crippen molar-refractivity contribution in [2.45, 2.75) is 108 Å². The zero-order valence-corrected chi connectivity index (χ0v) is 43.0. The Morgan fingerprint density at radius 2 is 0.920 bits per heavy atom. The van der Waals surface area contributed by atoms with Gasteiger partial charge in [-0.2, -0.15) is 0 Å². The smallest absolute Gasteiger partial charge is 0.270 e. The summed E-state index contributed by atoms with van der Waals surface area (Å²) in [6, 6.07) is 19.2. The van der Waals surface area contributed by atoms with Gasteiger partial charge in [0.05, 0.1) is 11.0 Å². The maximum absolute atomic E-state index is 13.7. The third-order valence-electron chi connectivity index (χ3n) is 14.4. The Hall–Kier alpha value is -6.74. The van der Waals surface area contributed by atoms with E-state index in [-0.39, 0.29) is 88.0 Å². The molecule has 6 heterocycles. The number of H-pyrrole nitrogens is 3. The molecule has 75 heavy (non-hydrogen) atoms. The largest absolute Gasteiger partial charge is 0.326 e. The Morgan fingerprint density at radius 3 is 1.29 bits per heavy atom. The normalized spacial score (nSPS) is 19.7. The van der Waals surface area contributed by atoms with Gasteiger partial charge in [-0.15, -0.1) is 0 Å². The van der Waals surface area contributed by atoms with E-state index in [4.69, 9.17) is 0 Å². The SMILES string of the molecule is C[C@@H]1C[C@H](C(=O)Cc2ccccc2F)CCN1Cc1ncc[nH]c1=O.C[C@H]1C[C@H](C(=O)Cc2ccccc2F)CCN1Cc1ncc[nH]c1=O.O=c1[nH]ccnc1CN1CCC(S(=O)(=O)Cc2ccccc2F)CC1. The quantitative estimate of drug-likeness (QED) is 0.106. The van der Waals surface area contributed by atoms with Gasteiger partial charge < -0.3 is 15.0 Å². The summed E-state index contributed by atoms with van der Waals surface area (Å²) in [5, 5.41) is -0.481. The number of ketones is 2. The number of nitrogens with one attached hydrogen (secondary N) is 3. The van der Waals surface area contributed by atoms with Gasteiger partial charge >= 0.3 is 0 Å². The molecule has 0 saturated carbocycles. The molecule has 9 rings (SSSR count). The summed E-state index contributed by atoms with van der Waals surface area (Å²) in [6.07, 6.45) is 13.3. The second-order valence-electron chi connectivity index (χ2n) is 19.5. The maximum Gasteiger partial charge on any atom is 0.270 e. The van der Waals surface area contributed by atoms with Crippen LogP contribution >= 0.6 is 0 Å². The Morgan fingerprint density at radius 1 is 0.547 bits per heavy atom. The van der Waals surface area contributed by atoms with Crippen LogP contribution in [-0.4, -0.2) is 108 Å². The van der Waals surface area contributed by atoms with Crippen LogP contribution in [0.3, 0.4) is 0 Å². The highest BCUT2D eigenvalue weighted by Crippen LogP contribution is 2.28. The van der Waals surface area contributed by atoms with Gasteiger partial charge in [-0.25, -0.2) is 21.6 Å². The highest BCUT2D eigenvalue weighted by molar-refractivity contribution is 7.91. The van der Waals surface area contributed by atoms with Gasteiger partial charge in [0.1, 0.15) is 46.1 Å². The summed E-state index contributed by atoms with van der Waals surface area (Å²) >= 11 is 0. The molecule has 4 atom stereocenters. The molecule has 20 heteroatoms. The fourth-order valence-electron chi connectivity index (χ4n) is 9.90. The molecule has 0 unspecified atom stereocenters. The summed E-state index contributed by atoms with van der Waals surface area (Å²) in [7, 11) is -3.41. The summed E-state index contributed by atoms with van der Waals surface area (Å²) < 4.78 is 66.3. The van der Waals surface area contributed by atoms with Gasteiger partial charge in [0.15, 0.2) is 9.84 Å². The van der Waals surface area contributed by atoms with Crippen molar-refractivity contribution in [3.05, 3.63) is 192 Å². The van der Waals surface area contributed by atoms with Crippen molar-refractivity contribution in [2.24, 2.45) is 11.8 Å². The Labute approximate surface area is 433 Å². The van der Waals surface area contributed by atoms with Gasteiger partial charge in [-0.1, -0.05) is 54.6 Å². The lowest BCUT2D eigenvalue weighted by Crippen LogP contribution is -2.43. The highest BCUT2D eigenvalue weighted by Gasteiger charge is 2.33. The van der Waals surface area contributed by atoms with Crippen molar-refractivity contribution in [2.75, 3.05) is 26.2 Å². The first-order valence-electron chi connectivity index (χ1n) is 25.3. The van der Waals surface area contributed by atoms with E-state index in [1.165, 1.54) is 49.1 Å². The van der Waals surface area contributed by atoms with E-state index in [1.54, 1.807) is 60.9 Å². The van der Waals surface area contributed by atoms with Crippen LogP contribution in [0.4, 0.5) is 13.2 Å². The molecule has 3 aliphatic heterocycles. The molecule has 3 N–H and O–H groups in total. The van der Waals surface area contributed by atoms with Gasteiger partial charge in [0.2, 0.25) is 0 Å². The predicted molar refractivity (Wildman–Crippen MR) is 277 cm³/mol. The summed E-state index contributed by atoms with van der Waals surface area (Å²) in [4.78, 5) is 86.8. The fourth-order valence-corrected chi connectivity index (χ4v) is 11.7. The van der Waals surface area contributed by atoms with Crippen molar-refractivity contribution in [1.29, 1.82) is 0 Å². The molecule has 3 aromatic heterocycles. The number of nitrogens with zero attached hydrogens (tertiary/aromatic N) is 6. The van der Waals surface area contributed by atoms with Gasteiger partial charge in [0.25, 0.3) is 16.7 Å². The van der Waals surface area contributed by atoms with Crippen LogP contribution in [-0.2, 0) is 57.7 Å². The minimum atomic E-state index is -3.41. The molecule has 6 aromatic rings. The molecule has 0 spiro atoms. The Kier molecular flexibility index (Phi) is 19.9. The van der Waals surface area contributed by atoms with Crippen LogP contribution in [0.15, 0.2) is 124 Å². The lowest BCUT2D eigenvalue weighted by atomic mass is 9.85. The summed E-state index contributed by atoms with van der Waals surface area (Å²) in [5.74, 6) is -1.35. The number of hydrogen-bond donors (Lipinski definition) is 3. The Bertz CT molecular complexity index is 3030. The number of likely N-dealkylation sites (tertiary alicyclic amines) is 3. The average Bonchev–Trinajstić information content (AvgIpc) is 3.39. The van der Waals surface area contributed by atoms with Crippen LogP contribution < -0.4 is 16.7 Å². The number of carbonyl (C=O) groups excluding carboxylic acids is 2. The van der Waals surface area contributed by atoms with Gasteiger partial charge in [0, 0.05) is 99.1 Å². The number of aromatic amines is 3. The first-order chi connectivity index (χ1) is 36.0. The number of benzene rings is 3. The monoisotopic (exact) mass is 1050 g/mol. The van der Waals surface area contributed by atoms with E-state index in [2.05, 4.69) is 53.6 Å². The summed E-state index contributed by atoms with van der Waals surface area (Å²) in [5.41, 5.74) is 1.97. The lowest BCUT2D eigenvalue weighted by Gasteiger charge is -2.36. The van der Waals surface area contributed by atoms with E-state index in [9.17, 15) is 45.6 Å². The number of hydrogen-bond acceptors (Lipinski definition) is 13. The first kappa shape index (κ1) is 56.0. The molecule has 398 valence electrons. The fraction of sp³-hybridized carbons (Fsp3) is 0.418. The van der Waals surface area contributed by atoms with E-state index in [0.29, 0.717) is 73.8 Å². The van der Waals surface area contributed by atoms with E-state index < -0.39 is 20.9 Å². The van der Waals surface area contributed by atoms with Crippen LogP contribution in [0.25, 0.3) is 0 Å². The van der Waals surface area contributed by atoms with Crippen LogP contribution in [0, 0.1) is 29.3 Å². The van der Waals surface area contributed by atoms with Crippen LogP contribution in [0.2, 0.25) is 0 Å². The van der Waals surface area contributed by atoms with E-state index in [0.717, 1.165) is 38.8 Å². The molecular weight excluding hydrogens is 988 g/mol. The molecule has 3 saturated heterocycles. The average molecular weight is 1050 g/mol. The molecular formula is C55H64F3N9O7S. The zero-order chi connectivity index (χ0) is 53.5. The topological polar surface area (TPSA) is 215 Å². The van der Waals surface area contributed by atoms with E-state index in [1.807, 2.05) is 4.90 Å². The second kappa shape index (κ2) is 26.7. The predicted octanol–water partition coefficient (Wildman–Crippen LogP) is 6.13. The molecule has 16 nitrogen and oxygen atoms in total. The van der Waals surface area contributed by atoms with Crippen LogP contribution in [0.5, 0.6) is 0 Å². The number of piperidine rings is 3. The summed E-state index contributed by atoms with van der Waals surface area (Å²) in [6.45, 7) is 8.05. The molecule has 3 aromatic carbocycles. The Balaban J connectivity index is 0.000000164. The standard InChI is InChI=1S/2C19H22FN3O2.C17H20FN3O3S/c2*1-13-10-15(18(24)11-14-4-2-3-5-16(14)20)6-9-23(13)12-17-19(25)22-8-7-21-17;18-15-4-2-1-3-13(15)12-25(23,24)14-5-9-21(10-6-14)11-16-17(22)20-8-7-19-16/h2*2-5,7-8,13,15H,6,9-12H2,1H3,(H,22,25);1-4,7-8,14H,5-6,9-12H2,(H,20,22)/t13-,15+;13-,15-;/m01./s1. The zero-order valence-electron chi connectivity index (χ0n) is 42.2. The molecule has 0 radical (unpaired) electrons. The molecule has 3 fully saturated rings. The van der Waals surface area contributed by atoms with Gasteiger partial charge in [-0.05, 0) is 108 Å². The minimum absolute atomic E-state index is 0.0622. The van der Waals surface area contributed by atoms with Crippen molar-refractivity contribution < 1.29 is 31.2 Å². The van der Waals surface area contributed by atoms with E-state index >= 15 is 0 Å². The lowest BCUT2D eigenvalue weighted by molar-refractivity contribution is -0.125. The third kappa shape index (κ3) is 15.9. The second-order valence-corrected chi connectivity index (χ2v) is 21.8. The number of rotatable bonds is 15. The van der Waals surface area contributed by atoms with Crippen molar-refractivity contribution in [3.8, 4) is 0 Å². The number of carbonyl (C=O) groups is 2. The number of halogens is 3. The third-order valence-corrected chi connectivity index (χ3v) is 16.6. The van der Waals surface area contributed by atoms with Crippen molar-refractivity contribution in [3.63, 3.8) is 0 Å². The molecule has 3 aliphatic rings. The minimum Gasteiger partial charge on any atom is -0.326 e.